The molecule has 0 radical (unpaired) electrons. The normalized spacial score (nSPS) is 17.2. The molecule has 2 N–H and O–H groups in total. The van der Waals surface area contributed by atoms with E-state index in [0.29, 0.717) is 0 Å². The lowest BCUT2D eigenvalue weighted by Gasteiger charge is -2.25. The van der Waals surface area contributed by atoms with Crippen LogP contribution < -0.4 is 9.62 Å². The molecular weight excluding hydrogens is 264 g/mol. The predicted molar refractivity (Wildman–Crippen MR) is 74.7 cm³/mol. The number of sulfonamides is 1. The van der Waals surface area contributed by atoms with Crippen molar-refractivity contribution in [3.8, 4) is 0 Å². The topological polar surface area (TPSA) is 69.6 Å². The Bertz CT molecular complexity index is 523. The molecule has 19 heavy (non-hydrogen) atoms. The molecule has 0 aliphatic heterocycles. The summed E-state index contributed by atoms with van der Waals surface area (Å²) in [5.41, 5.74) is 0.881. The monoisotopic (exact) mass is 284 g/mol. The average Bonchev–Trinajstić information content (AvgIpc) is 3.20. The summed E-state index contributed by atoms with van der Waals surface area (Å²) in [5.74, 6) is 0. The molecular formula is C13H20N2O3S. The van der Waals surface area contributed by atoms with Crippen LogP contribution in [0.1, 0.15) is 19.8 Å². The van der Waals surface area contributed by atoms with Crippen LogP contribution in [0, 0.1) is 0 Å². The minimum Gasteiger partial charge on any atom is -0.394 e. The van der Waals surface area contributed by atoms with E-state index in [2.05, 4.69) is 4.72 Å². The molecule has 0 heterocycles. The molecule has 2 rings (SSSR count). The number of hydrogen-bond donors (Lipinski definition) is 2. The maximum Gasteiger partial charge on any atom is 0.240 e. The summed E-state index contributed by atoms with van der Waals surface area (Å²) < 4.78 is 26.6. The summed E-state index contributed by atoms with van der Waals surface area (Å²) in [6.45, 7) is 1.96. The fourth-order valence-electron chi connectivity index (χ4n) is 1.73. The van der Waals surface area contributed by atoms with Crippen molar-refractivity contribution in [1.29, 1.82) is 0 Å². The molecule has 5 nitrogen and oxygen atoms in total. The van der Waals surface area contributed by atoms with Crippen molar-refractivity contribution in [2.75, 3.05) is 18.6 Å². The van der Waals surface area contributed by atoms with Gasteiger partial charge in [0.2, 0.25) is 10.0 Å². The molecule has 1 fully saturated rings. The highest BCUT2D eigenvalue weighted by Gasteiger charge is 2.27. The minimum atomic E-state index is -3.38. The van der Waals surface area contributed by atoms with Gasteiger partial charge in [-0.05, 0) is 44.0 Å². The van der Waals surface area contributed by atoms with Crippen LogP contribution in [-0.2, 0) is 10.0 Å². The minimum absolute atomic E-state index is 0.00736. The lowest BCUT2D eigenvalue weighted by molar-refractivity contribution is 0.270. The van der Waals surface area contributed by atoms with Crippen LogP contribution in [0.4, 0.5) is 5.69 Å². The first kappa shape index (κ1) is 14.3. The van der Waals surface area contributed by atoms with Crippen molar-refractivity contribution < 1.29 is 13.5 Å². The Balaban J connectivity index is 2.13. The van der Waals surface area contributed by atoms with Gasteiger partial charge in [0.25, 0.3) is 0 Å². The zero-order chi connectivity index (χ0) is 14.0. The molecule has 0 bridgehead atoms. The number of benzene rings is 1. The molecule has 1 aromatic carbocycles. The highest BCUT2D eigenvalue weighted by Crippen LogP contribution is 2.23. The number of aliphatic hydroxyl groups excluding tert-OH is 1. The highest BCUT2D eigenvalue weighted by atomic mass is 32.2. The maximum atomic E-state index is 12.0. The van der Waals surface area contributed by atoms with Crippen LogP contribution in [-0.4, -0.2) is 39.3 Å². The number of nitrogens with zero attached hydrogens (tertiary/aromatic N) is 1. The van der Waals surface area contributed by atoms with E-state index in [4.69, 9.17) is 5.11 Å². The van der Waals surface area contributed by atoms with Gasteiger partial charge >= 0.3 is 0 Å². The number of likely N-dealkylation sites (N-methyl/N-ethyl adjacent to an activating group) is 1. The van der Waals surface area contributed by atoms with E-state index < -0.39 is 10.0 Å². The van der Waals surface area contributed by atoms with Crippen molar-refractivity contribution in [3.63, 3.8) is 0 Å². The molecule has 0 amide bonds. The Morgan fingerprint density at radius 1 is 1.37 bits per heavy atom. The summed E-state index contributed by atoms with van der Waals surface area (Å²) in [5, 5.41) is 9.11. The average molecular weight is 284 g/mol. The third kappa shape index (κ3) is 3.46. The van der Waals surface area contributed by atoms with E-state index in [1.807, 2.05) is 18.9 Å². The molecule has 1 unspecified atom stereocenters. The maximum absolute atomic E-state index is 12.0. The van der Waals surface area contributed by atoms with Crippen molar-refractivity contribution >= 4 is 15.7 Å². The van der Waals surface area contributed by atoms with E-state index in [9.17, 15) is 8.42 Å². The Labute approximate surface area is 114 Å². The summed E-state index contributed by atoms with van der Waals surface area (Å²) in [4.78, 5) is 2.19. The smallest absolute Gasteiger partial charge is 0.240 e. The van der Waals surface area contributed by atoms with E-state index in [-0.39, 0.29) is 23.6 Å². The number of hydrogen-bond acceptors (Lipinski definition) is 4. The van der Waals surface area contributed by atoms with Gasteiger partial charge in [0, 0.05) is 24.8 Å². The number of rotatable bonds is 6. The quantitative estimate of drug-likeness (QED) is 0.816. The fourth-order valence-corrected chi connectivity index (χ4v) is 3.03. The van der Waals surface area contributed by atoms with Crippen LogP contribution >= 0.6 is 0 Å². The molecule has 1 aliphatic carbocycles. The summed E-state index contributed by atoms with van der Waals surface area (Å²) in [6.07, 6.45) is 1.85. The Morgan fingerprint density at radius 2 is 1.95 bits per heavy atom. The van der Waals surface area contributed by atoms with Crippen LogP contribution in [0.2, 0.25) is 0 Å². The van der Waals surface area contributed by atoms with E-state index >= 15 is 0 Å². The van der Waals surface area contributed by atoms with E-state index in [1.54, 1.807) is 24.3 Å². The molecule has 106 valence electrons. The summed E-state index contributed by atoms with van der Waals surface area (Å²) in [7, 11) is -1.52. The Morgan fingerprint density at radius 3 is 2.42 bits per heavy atom. The molecule has 1 atom stereocenters. The van der Waals surface area contributed by atoms with Crippen molar-refractivity contribution in [1.82, 2.24) is 4.72 Å². The van der Waals surface area contributed by atoms with E-state index in [1.165, 1.54) is 0 Å². The largest absolute Gasteiger partial charge is 0.394 e. The Hall–Kier alpha value is -1.11. The molecule has 6 heteroatoms. The van der Waals surface area contributed by atoms with Gasteiger partial charge in [-0.2, -0.15) is 0 Å². The third-order valence-corrected chi connectivity index (χ3v) is 4.92. The number of nitrogens with one attached hydrogen (secondary N) is 1. The summed E-state index contributed by atoms with van der Waals surface area (Å²) >= 11 is 0. The van der Waals surface area contributed by atoms with Gasteiger partial charge in [-0.15, -0.1) is 0 Å². The van der Waals surface area contributed by atoms with Crippen LogP contribution in [0.25, 0.3) is 0 Å². The van der Waals surface area contributed by atoms with Gasteiger partial charge in [0.1, 0.15) is 0 Å². The molecule has 0 spiro atoms. The molecule has 1 aromatic rings. The van der Waals surface area contributed by atoms with Gasteiger partial charge in [-0.25, -0.2) is 13.1 Å². The van der Waals surface area contributed by atoms with E-state index in [0.717, 1.165) is 18.5 Å². The highest BCUT2D eigenvalue weighted by molar-refractivity contribution is 7.89. The second kappa shape index (κ2) is 5.48. The van der Waals surface area contributed by atoms with Crippen LogP contribution in [0.15, 0.2) is 29.2 Å². The van der Waals surface area contributed by atoms with Gasteiger partial charge in [0.15, 0.2) is 0 Å². The molecule has 1 saturated carbocycles. The fraction of sp³-hybridized carbons (Fsp3) is 0.538. The standard InChI is InChI=1S/C13H20N2O3S/c1-10(9-16)15(2)12-5-7-13(8-6-12)19(17,18)14-11-3-4-11/h5-8,10-11,14,16H,3-4,9H2,1-2H3. The number of aliphatic hydroxyl groups is 1. The summed E-state index contributed by atoms with van der Waals surface area (Å²) in [6, 6.07) is 6.82. The first-order valence-corrected chi connectivity index (χ1v) is 7.88. The van der Waals surface area contributed by atoms with Gasteiger partial charge in [0.05, 0.1) is 11.5 Å². The van der Waals surface area contributed by atoms with Crippen molar-refractivity contribution in [2.45, 2.75) is 36.7 Å². The van der Waals surface area contributed by atoms with Crippen LogP contribution in [0.5, 0.6) is 0 Å². The number of anilines is 1. The van der Waals surface area contributed by atoms with Gasteiger partial charge < -0.3 is 10.0 Å². The zero-order valence-corrected chi connectivity index (χ0v) is 12.0. The first-order valence-electron chi connectivity index (χ1n) is 6.40. The van der Waals surface area contributed by atoms with Crippen molar-refractivity contribution in [2.24, 2.45) is 0 Å². The third-order valence-electron chi connectivity index (χ3n) is 3.38. The Kier molecular flexibility index (Phi) is 4.13. The second-order valence-electron chi connectivity index (χ2n) is 5.03. The first-order chi connectivity index (χ1) is 8.94. The van der Waals surface area contributed by atoms with Gasteiger partial charge in [-0.3, -0.25) is 0 Å². The zero-order valence-electron chi connectivity index (χ0n) is 11.2. The predicted octanol–water partition coefficient (Wildman–Crippen LogP) is 0.944. The van der Waals surface area contributed by atoms with Crippen molar-refractivity contribution in [3.05, 3.63) is 24.3 Å². The lowest BCUT2D eigenvalue weighted by atomic mass is 10.2. The van der Waals surface area contributed by atoms with Gasteiger partial charge in [-0.1, -0.05) is 0 Å². The molecule has 1 aliphatic rings. The second-order valence-corrected chi connectivity index (χ2v) is 6.75. The molecule has 0 saturated heterocycles. The SMILES string of the molecule is CC(CO)N(C)c1ccc(S(=O)(=O)NC2CC2)cc1. The van der Waals surface area contributed by atoms with Crippen LogP contribution in [0.3, 0.4) is 0 Å². The lowest BCUT2D eigenvalue weighted by Crippen LogP contribution is -2.31. The molecule has 0 aromatic heterocycles.